The van der Waals surface area contributed by atoms with E-state index in [1.165, 1.54) is 24.6 Å². The van der Waals surface area contributed by atoms with Gasteiger partial charge in [-0.3, -0.25) is 4.79 Å². The third-order valence-electron chi connectivity index (χ3n) is 3.94. The van der Waals surface area contributed by atoms with Crippen LogP contribution in [-0.2, 0) is 9.53 Å². The minimum atomic E-state index is -0.842. The number of nitrogens with one attached hydrogen (secondary N) is 1. The van der Waals surface area contributed by atoms with Crippen LogP contribution in [0, 0.1) is 11.7 Å². The van der Waals surface area contributed by atoms with Crippen molar-refractivity contribution >= 4 is 27.8 Å². The molecular weight excluding hydrogens is 353 g/mol. The van der Waals surface area contributed by atoms with Crippen LogP contribution in [0.15, 0.2) is 22.7 Å². The molecule has 6 heteroatoms. The number of rotatable bonds is 4. The SMILES string of the molecule is C[C@H]1CCCC[C@H]1NC(=O)COC(=O)c1cc(Br)ccc1F. The second-order valence-electron chi connectivity index (χ2n) is 5.64. The fourth-order valence-corrected chi connectivity index (χ4v) is 3.00. The number of halogens is 2. The Kier molecular flexibility index (Phi) is 5.94. The van der Waals surface area contributed by atoms with Crippen LogP contribution in [0.5, 0.6) is 0 Å². The number of benzene rings is 1. The van der Waals surface area contributed by atoms with E-state index in [9.17, 15) is 14.0 Å². The number of esters is 1. The standard InChI is InChI=1S/C16H19BrFNO3/c1-10-4-2-3-5-14(10)19-15(20)9-22-16(21)12-8-11(17)6-7-13(12)18/h6-8,10,14H,2-5,9H2,1H3,(H,19,20)/t10-,14+/m0/s1. The molecule has 1 aliphatic carbocycles. The number of ether oxygens (including phenoxy) is 1. The smallest absolute Gasteiger partial charge is 0.341 e. The summed E-state index contributed by atoms with van der Waals surface area (Å²) in [5.74, 6) is -1.43. The molecule has 1 aliphatic rings. The molecule has 22 heavy (non-hydrogen) atoms. The molecule has 0 spiro atoms. The van der Waals surface area contributed by atoms with Gasteiger partial charge in [0.15, 0.2) is 6.61 Å². The maximum absolute atomic E-state index is 13.5. The second kappa shape index (κ2) is 7.72. The number of carbonyl (C=O) groups is 2. The first-order valence-electron chi connectivity index (χ1n) is 7.39. The third kappa shape index (κ3) is 4.53. The molecule has 0 bridgehead atoms. The quantitative estimate of drug-likeness (QED) is 0.824. The van der Waals surface area contributed by atoms with Gasteiger partial charge in [0.2, 0.25) is 0 Å². The molecule has 4 nitrogen and oxygen atoms in total. The molecule has 2 rings (SSSR count). The zero-order valence-electron chi connectivity index (χ0n) is 12.4. The molecule has 1 aromatic rings. The molecule has 0 unspecified atom stereocenters. The molecular formula is C16H19BrFNO3. The Morgan fingerprint density at radius 1 is 1.36 bits per heavy atom. The summed E-state index contributed by atoms with van der Waals surface area (Å²) in [5.41, 5.74) is -0.187. The van der Waals surface area contributed by atoms with E-state index in [4.69, 9.17) is 4.74 Å². The largest absolute Gasteiger partial charge is 0.452 e. The Bertz CT molecular complexity index is 564. The monoisotopic (exact) mass is 371 g/mol. The minimum absolute atomic E-state index is 0.127. The van der Waals surface area contributed by atoms with Crippen molar-refractivity contribution in [2.75, 3.05) is 6.61 Å². The van der Waals surface area contributed by atoms with Crippen LogP contribution >= 0.6 is 15.9 Å². The molecule has 0 radical (unpaired) electrons. The number of amides is 1. The number of carbonyl (C=O) groups excluding carboxylic acids is 2. The van der Waals surface area contributed by atoms with Crippen LogP contribution in [0.4, 0.5) is 4.39 Å². The van der Waals surface area contributed by atoms with Gasteiger partial charge >= 0.3 is 5.97 Å². The van der Waals surface area contributed by atoms with Crippen molar-refractivity contribution in [2.24, 2.45) is 5.92 Å². The highest BCUT2D eigenvalue weighted by atomic mass is 79.9. The van der Waals surface area contributed by atoms with Crippen LogP contribution in [0.3, 0.4) is 0 Å². The van der Waals surface area contributed by atoms with Gasteiger partial charge < -0.3 is 10.1 Å². The molecule has 1 aromatic carbocycles. The Morgan fingerprint density at radius 2 is 2.09 bits per heavy atom. The van der Waals surface area contributed by atoms with Crippen molar-refractivity contribution < 1.29 is 18.7 Å². The van der Waals surface area contributed by atoms with E-state index >= 15 is 0 Å². The molecule has 0 heterocycles. The van der Waals surface area contributed by atoms with E-state index in [1.807, 2.05) is 0 Å². The number of hydrogen-bond acceptors (Lipinski definition) is 3. The Hall–Kier alpha value is -1.43. The first-order valence-corrected chi connectivity index (χ1v) is 8.18. The van der Waals surface area contributed by atoms with Gasteiger partial charge in [0, 0.05) is 10.5 Å². The lowest BCUT2D eigenvalue weighted by Gasteiger charge is -2.29. The van der Waals surface area contributed by atoms with Gasteiger partial charge in [-0.15, -0.1) is 0 Å². The van der Waals surface area contributed by atoms with Crippen molar-refractivity contribution in [3.63, 3.8) is 0 Å². The summed E-state index contributed by atoms with van der Waals surface area (Å²) in [4.78, 5) is 23.7. The highest BCUT2D eigenvalue weighted by Gasteiger charge is 2.23. The second-order valence-corrected chi connectivity index (χ2v) is 6.55. The van der Waals surface area contributed by atoms with Crippen molar-refractivity contribution in [3.8, 4) is 0 Å². The van der Waals surface area contributed by atoms with Gasteiger partial charge in [-0.1, -0.05) is 35.7 Å². The summed E-state index contributed by atoms with van der Waals surface area (Å²) in [5, 5.41) is 2.88. The van der Waals surface area contributed by atoms with Crippen LogP contribution in [0.25, 0.3) is 0 Å². The fraction of sp³-hybridized carbons (Fsp3) is 0.500. The summed E-state index contributed by atoms with van der Waals surface area (Å²) in [6.45, 7) is 1.71. The van der Waals surface area contributed by atoms with Crippen molar-refractivity contribution in [3.05, 3.63) is 34.1 Å². The Balaban J connectivity index is 1.85. The molecule has 1 amide bonds. The highest BCUT2D eigenvalue weighted by molar-refractivity contribution is 9.10. The molecule has 1 saturated carbocycles. The summed E-state index contributed by atoms with van der Waals surface area (Å²) in [6.07, 6.45) is 4.32. The van der Waals surface area contributed by atoms with E-state index in [1.54, 1.807) is 0 Å². The zero-order chi connectivity index (χ0) is 16.1. The van der Waals surface area contributed by atoms with E-state index in [0.29, 0.717) is 10.4 Å². The van der Waals surface area contributed by atoms with Gasteiger partial charge in [-0.05, 0) is 37.0 Å². The molecule has 120 valence electrons. The van der Waals surface area contributed by atoms with Crippen molar-refractivity contribution in [2.45, 2.75) is 38.6 Å². The fourth-order valence-electron chi connectivity index (χ4n) is 2.64. The Morgan fingerprint density at radius 3 is 2.82 bits per heavy atom. The minimum Gasteiger partial charge on any atom is -0.452 e. The molecule has 2 atom stereocenters. The van der Waals surface area contributed by atoms with Crippen LogP contribution in [-0.4, -0.2) is 24.5 Å². The van der Waals surface area contributed by atoms with E-state index in [0.717, 1.165) is 19.3 Å². The van der Waals surface area contributed by atoms with Gasteiger partial charge in [-0.2, -0.15) is 0 Å². The molecule has 0 saturated heterocycles. The van der Waals surface area contributed by atoms with Gasteiger partial charge in [0.05, 0.1) is 5.56 Å². The van der Waals surface area contributed by atoms with Gasteiger partial charge in [-0.25, -0.2) is 9.18 Å². The van der Waals surface area contributed by atoms with Crippen molar-refractivity contribution in [1.82, 2.24) is 5.32 Å². The van der Waals surface area contributed by atoms with Gasteiger partial charge in [0.25, 0.3) is 5.91 Å². The maximum atomic E-state index is 13.5. The lowest BCUT2D eigenvalue weighted by atomic mass is 9.86. The summed E-state index contributed by atoms with van der Waals surface area (Å²) in [7, 11) is 0. The maximum Gasteiger partial charge on any atom is 0.341 e. The predicted molar refractivity (Wildman–Crippen MR) is 83.9 cm³/mol. The molecule has 0 aliphatic heterocycles. The normalized spacial score (nSPS) is 21.2. The molecule has 0 aromatic heterocycles. The van der Waals surface area contributed by atoms with E-state index in [-0.39, 0.29) is 17.5 Å². The first-order chi connectivity index (χ1) is 10.5. The molecule has 1 N–H and O–H groups in total. The lowest BCUT2D eigenvalue weighted by Crippen LogP contribution is -2.42. The first kappa shape index (κ1) is 16.9. The zero-order valence-corrected chi connectivity index (χ0v) is 14.0. The molecule has 1 fully saturated rings. The van der Waals surface area contributed by atoms with Gasteiger partial charge in [0.1, 0.15) is 5.82 Å². The summed E-state index contributed by atoms with van der Waals surface area (Å²) < 4.78 is 19.0. The van der Waals surface area contributed by atoms with E-state index < -0.39 is 18.4 Å². The van der Waals surface area contributed by atoms with Crippen LogP contribution in [0.1, 0.15) is 43.0 Å². The third-order valence-corrected chi connectivity index (χ3v) is 4.43. The van der Waals surface area contributed by atoms with E-state index in [2.05, 4.69) is 28.2 Å². The average molecular weight is 372 g/mol. The Labute approximate surface area is 137 Å². The number of hydrogen-bond donors (Lipinski definition) is 1. The lowest BCUT2D eigenvalue weighted by molar-refractivity contribution is -0.125. The highest BCUT2D eigenvalue weighted by Crippen LogP contribution is 2.23. The predicted octanol–water partition coefficient (Wildman–Crippen LogP) is 3.44. The van der Waals surface area contributed by atoms with Crippen LogP contribution in [0.2, 0.25) is 0 Å². The topological polar surface area (TPSA) is 55.4 Å². The average Bonchev–Trinajstić information content (AvgIpc) is 2.49. The summed E-state index contributed by atoms with van der Waals surface area (Å²) >= 11 is 3.16. The summed E-state index contributed by atoms with van der Waals surface area (Å²) in [6, 6.07) is 4.12. The van der Waals surface area contributed by atoms with Crippen molar-refractivity contribution in [1.29, 1.82) is 0 Å². The van der Waals surface area contributed by atoms with Crippen LogP contribution < -0.4 is 5.32 Å².